The Bertz CT molecular complexity index is 1380. The summed E-state index contributed by atoms with van der Waals surface area (Å²) in [6.45, 7) is 2.43. The molecule has 3 aromatic rings. The van der Waals surface area contributed by atoms with Gasteiger partial charge < -0.3 is 19.4 Å². The van der Waals surface area contributed by atoms with Gasteiger partial charge in [0.15, 0.2) is 5.58 Å². The molecule has 0 radical (unpaired) electrons. The highest BCUT2D eigenvalue weighted by Crippen LogP contribution is 2.39. The number of imide groups is 1. The van der Waals surface area contributed by atoms with Crippen molar-refractivity contribution >= 4 is 28.8 Å². The van der Waals surface area contributed by atoms with Crippen LogP contribution in [-0.2, 0) is 28.0 Å². The van der Waals surface area contributed by atoms with E-state index in [1.165, 1.54) is 0 Å². The van der Waals surface area contributed by atoms with Crippen molar-refractivity contribution in [2.24, 2.45) is 5.92 Å². The lowest BCUT2D eigenvalue weighted by molar-refractivity contribution is -0.127. The normalized spacial score (nSPS) is 22.4. The number of hydrogen-bond acceptors (Lipinski definition) is 7. The molecule has 2 saturated heterocycles. The Balaban J connectivity index is 1.31. The third kappa shape index (κ3) is 3.83. The molecule has 0 bridgehead atoms. The first-order valence-corrected chi connectivity index (χ1v) is 12.4. The summed E-state index contributed by atoms with van der Waals surface area (Å²) < 4.78 is 11.4. The van der Waals surface area contributed by atoms with Crippen LogP contribution in [0.25, 0.3) is 11.1 Å². The quantitative estimate of drug-likeness (QED) is 0.512. The topological polar surface area (TPSA) is 114 Å². The van der Waals surface area contributed by atoms with Gasteiger partial charge in [0.2, 0.25) is 11.8 Å². The van der Waals surface area contributed by atoms with Crippen LogP contribution in [-0.4, -0.2) is 54.3 Å². The van der Waals surface area contributed by atoms with Crippen LogP contribution in [0.4, 0.5) is 0 Å². The second-order valence-electron chi connectivity index (χ2n) is 10.0. The van der Waals surface area contributed by atoms with Gasteiger partial charge in [-0.3, -0.25) is 19.7 Å². The first-order valence-electron chi connectivity index (χ1n) is 12.4. The number of carbonyl (C=O) groups is 3. The lowest BCUT2D eigenvalue weighted by Crippen LogP contribution is -2.46. The van der Waals surface area contributed by atoms with Gasteiger partial charge in [-0.15, -0.1) is 0 Å². The van der Waals surface area contributed by atoms with E-state index in [1.807, 2.05) is 24.3 Å². The summed E-state index contributed by atoms with van der Waals surface area (Å²) in [6.07, 6.45) is 3.06. The molecule has 0 unspecified atom stereocenters. The molecular weight excluding hydrogens is 460 g/mol. The van der Waals surface area contributed by atoms with E-state index < -0.39 is 11.3 Å². The molecule has 2 fully saturated rings. The highest BCUT2D eigenvalue weighted by Gasteiger charge is 2.53. The number of hydrogen-bond donors (Lipinski definition) is 2. The minimum absolute atomic E-state index is 0.0299. The number of methoxy groups -OCH3 is 1. The number of pyridine rings is 1. The maximum Gasteiger partial charge on any atom is 0.254 e. The highest BCUT2D eigenvalue weighted by molar-refractivity contribution is 6.10. The molecule has 3 aliphatic heterocycles. The van der Waals surface area contributed by atoms with Gasteiger partial charge in [0, 0.05) is 30.4 Å². The molecule has 0 spiro atoms. The Morgan fingerprint density at radius 2 is 1.97 bits per heavy atom. The molecule has 9 heteroatoms. The second kappa shape index (κ2) is 8.74. The first kappa shape index (κ1) is 22.7. The van der Waals surface area contributed by atoms with Gasteiger partial charge in [0.25, 0.3) is 5.91 Å². The van der Waals surface area contributed by atoms with E-state index in [2.05, 4.69) is 10.6 Å². The van der Waals surface area contributed by atoms with Crippen molar-refractivity contribution in [1.29, 1.82) is 0 Å². The number of piperidine rings is 1. The molecule has 2 N–H and O–H groups in total. The zero-order chi connectivity index (χ0) is 24.9. The molecule has 36 heavy (non-hydrogen) atoms. The molecule has 5 heterocycles. The molecule has 2 aromatic heterocycles. The largest absolute Gasteiger partial charge is 0.497 e. The van der Waals surface area contributed by atoms with Crippen molar-refractivity contribution in [3.8, 4) is 5.75 Å². The highest BCUT2D eigenvalue weighted by atomic mass is 16.5. The van der Waals surface area contributed by atoms with Crippen LogP contribution < -0.4 is 15.4 Å². The van der Waals surface area contributed by atoms with E-state index in [0.29, 0.717) is 40.6 Å². The molecule has 186 valence electrons. The zero-order valence-electron chi connectivity index (χ0n) is 20.1. The number of nitrogens with zero attached hydrogens (tertiary/aromatic N) is 2. The summed E-state index contributed by atoms with van der Waals surface area (Å²) in [5, 5.41) is 5.81. The van der Waals surface area contributed by atoms with Crippen LogP contribution in [0, 0.1) is 5.92 Å². The second-order valence-corrected chi connectivity index (χ2v) is 10.0. The van der Waals surface area contributed by atoms with Crippen molar-refractivity contribution in [3.05, 3.63) is 59.0 Å². The predicted molar refractivity (Wildman–Crippen MR) is 130 cm³/mol. The van der Waals surface area contributed by atoms with Crippen LogP contribution in [0.3, 0.4) is 0 Å². The van der Waals surface area contributed by atoms with Gasteiger partial charge in [0.05, 0.1) is 13.5 Å². The molecule has 1 atom stereocenters. The molecule has 1 aromatic carbocycles. The lowest BCUT2D eigenvalue weighted by Gasteiger charge is -2.28. The summed E-state index contributed by atoms with van der Waals surface area (Å²) in [4.78, 5) is 45.2. The van der Waals surface area contributed by atoms with Gasteiger partial charge in [-0.1, -0.05) is 6.07 Å². The number of benzene rings is 1. The van der Waals surface area contributed by atoms with E-state index in [0.717, 1.165) is 43.6 Å². The Labute approximate surface area is 208 Å². The van der Waals surface area contributed by atoms with Gasteiger partial charge in [0.1, 0.15) is 22.4 Å². The molecule has 0 saturated carbocycles. The van der Waals surface area contributed by atoms with E-state index >= 15 is 0 Å². The Morgan fingerprint density at radius 1 is 1.14 bits per heavy atom. The van der Waals surface area contributed by atoms with Crippen molar-refractivity contribution in [2.75, 3.05) is 26.7 Å². The molecule has 0 aliphatic carbocycles. The first-order chi connectivity index (χ1) is 17.4. The zero-order valence-corrected chi connectivity index (χ0v) is 20.1. The number of ether oxygens (including phenoxy) is 1. The minimum Gasteiger partial charge on any atom is -0.497 e. The van der Waals surface area contributed by atoms with Crippen LogP contribution in [0.5, 0.6) is 5.75 Å². The number of nitrogens with one attached hydrogen (secondary N) is 2. The number of fused-ring (bicyclic) bond motifs is 2. The number of carbonyl (C=O) groups excluding carboxylic acids is 3. The van der Waals surface area contributed by atoms with Crippen LogP contribution in [0.2, 0.25) is 0 Å². The molecule has 3 amide bonds. The summed E-state index contributed by atoms with van der Waals surface area (Å²) in [5.74, 6) is 0.501. The number of furan rings is 1. The van der Waals surface area contributed by atoms with E-state index in [-0.39, 0.29) is 24.8 Å². The van der Waals surface area contributed by atoms with Crippen LogP contribution >= 0.6 is 0 Å². The maximum atomic E-state index is 13.2. The van der Waals surface area contributed by atoms with Gasteiger partial charge in [-0.2, -0.15) is 0 Å². The standard InChI is InChI=1S/C27H28N4O5/c1-35-19-4-2-17-14-31(25(33)20(17)11-19)15-27(13-24(32)30-26(27)34)23-12-21-22(36-23)5-3-18(29-21)10-16-6-8-28-9-7-16/h2-5,11-12,16,28H,6-10,13-15H2,1H3,(H,30,32,34)/t27-/m1/s1. The maximum absolute atomic E-state index is 13.2. The fraction of sp³-hybridized carbons (Fsp3) is 0.407. The van der Waals surface area contributed by atoms with E-state index in [4.69, 9.17) is 14.1 Å². The molecule has 3 aliphatic rings. The average Bonchev–Trinajstić information content (AvgIpc) is 3.53. The Hall–Kier alpha value is -3.72. The fourth-order valence-electron chi connectivity index (χ4n) is 5.67. The fourth-order valence-corrected chi connectivity index (χ4v) is 5.67. The lowest BCUT2D eigenvalue weighted by atomic mass is 9.82. The summed E-state index contributed by atoms with van der Waals surface area (Å²) in [6, 6.07) is 11.0. The average molecular weight is 489 g/mol. The van der Waals surface area contributed by atoms with Crippen molar-refractivity contribution in [2.45, 2.75) is 37.6 Å². The van der Waals surface area contributed by atoms with Crippen molar-refractivity contribution in [3.63, 3.8) is 0 Å². The number of rotatable bonds is 6. The predicted octanol–water partition coefficient (Wildman–Crippen LogP) is 2.32. The molecule has 9 nitrogen and oxygen atoms in total. The molecule has 6 rings (SSSR count). The number of aromatic nitrogens is 1. The SMILES string of the molecule is COc1ccc2c(c1)C(=O)N(C[C@@]1(c3cc4nc(CC5CCNCC5)ccc4o3)CC(=O)NC1=O)C2. The van der Waals surface area contributed by atoms with Gasteiger partial charge in [-0.05, 0) is 68.1 Å². The van der Waals surface area contributed by atoms with Gasteiger partial charge in [-0.25, -0.2) is 4.98 Å². The monoisotopic (exact) mass is 488 g/mol. The third-order valence-corrected chi connectivity index (χ3v) is 7.67. The Kier molecular flexibility index (Phi) is 5.52. The van der Waals surface area contributed by atoms with Crippen LogP contribution in [0.1, 0.15) is 46.6 Å². The van der Waals surface area contributed by atoms with Crippen molar-refractivity contribution < 1.29 is 23.5 Å². The van der Waals surface area contributed by atoms with E-state index in [1.54, 1.807) is 24.1 Å². The summed E-state index contributed by atoms with van der Waals surface area (Å²) in [5.41, 5.74) is 2.30. The third-order valence-electron chi connectivity index (χ3n) is 7.67. The Morgan fingerprint density at radius 3 is 2.72 bits per heavy atom. The summed E-state index contributed by atoms with van der Waals surface area (Å²) in [7, 11) is 1.55. The smallest absolute Gasteiger partial charge is 0.254 e. The number of amides is 3. The van der Waals surface area contributed by atoms with Crippen LogP contribution in [0.15, 0.2) is 40.8 Å². The van der Waals surface area contributed by atoms with Crippen molar-refractivity contribution in [1.82, 2.24) is 20.5 Å². The van der Waals surface area contributed by atoms with E-state index in [9.17, 15) is 14.4 Å². The summed E-state index contributed by atoms with van der Waals surface area (Å²) >= 11 is 0. The molecular formula is C27H28N4O5. The minimum atomic E-state index is -1.31. The van der Waals surface area contributed by atoms with Gasteiger partial charge >= 0.3 is 0 Å².